The Labute approximate surface area is 183 Å². The third-order valence-corrected chi connectivity index (χ3v) is 5.53. The molecule has 9 heteroatoms. The molecule has 2 aromatic carbocycles. The SMILES string of the molecule is CN(C)CCCN(C(=O)c1cnc2ccccc2n1)c1nc2c(F)cccc2s1.Cl. The van der Waals surface area contributed by atoms with E-state index in [4.69, 9.17) is 0 Å². The van der Waals surface area contributed by atoms with Gasteiger partial charge in [0.2, 0.25) is 0 Å². The summed E-state index contributed by atoms with van der Waals surface area (Å²) in [5.41, 5.74) is 1.91. The molecule has 0 bridgehead atoms. The van der Waals surface area contributed by atoms with Crippen LogP contribution in [-0.2, 0) is 0 Å². The molecule has 2 heterocycles. The van der Waals surface area contributed by atoms with E-state index < -0.39 is 5.82 Å². The van der Waals surface area contributed by atoms with Crippen molar-refractivity contribution in [2.24, 2.45) is 0 Å². The molecule has 2 aromatic heterocycles. The first-order valence-electron chi connectivity index (χ1n) is 9.26. The summed E-state index contributed by atoms with van der Waals surface area (Å²) < 4.78 is 14.8. The third kappa shape index (κ3) is 4.56. The van der Waals surface area contributed by atoms with Gasteiger partial charge in [-0.05, 0) is 51.3 Å². The molecule has 0 aliphatic carbocycles. The largest absolute Gasteiger partial charge is 0.309 e. The minimum atomic E-state index is -0.392. The zero-order valence-corrected chi connectivity index (χ0v) is 18.2. The van der Waals surface area contributed by atoms with Crippen LogP contribution in [0.5, 0.6) is 0 Å². The average molecular weight is 446 g/mol. The van der Waals surface area contributed by atoms with Crippen molar-refractivity contribution in [2.75, 3.05) is 32.1 Å². The summed E-state index contributed by atoms with van der Waals surface area (Å²) in [6, 6.07) is 12.2. The molecule has 4 aromatic rings. The molecule has 0 aliphatic heterocycles. The summed E-state index contributed by atoms with van der Waals surface area (Å²) in [7, 11) is 3.96. The van der Waals surface area contributed by atoms with Crippen LogP contribution < -0.4 is 4.90 Å². The molecule has 0 aliphatic rings. The molecule has 0 saturated carbocycles. The lowest BCUT2D eigenvalue weighted by atomic mass is 10.2. The smallest absolute Gasteiger partial charge is 0.280 e. The molecule has 0 unspecified atom stereocenters. The van der Waals surface area contributed by atoms with Crippen molar-refractivity contribution >= 4 is 56.0 Å². The number of carbonyl (C=O) groups excluding carboxylic acids is 1. The number of para-hydroxylation sites is 3. The summed E-state index contributed by atoms with van der Waals surface area (Å²) in [6.07, 6.45) is 2.23. The molecule has 0 spiro atoms. The predicted molar refractivity (Wildman–Crippen MR) is 121 cm³/mol. The highest BCUT2D eigenvalue weighted by Gasteiger charge is 2.23. The van der Waals surface area contributed by atoms with Gasteiger partial charge in [0.1, 0.15) is 17.0 Å². The number of hydrogen-bond donors (Lipinski definition) is 0. The van der Waals surface area contributed by atoms with Crippen molar-refractivity contribution in [2.45, 2.75) is 6.42 Å². The number of rotatable bonds is 6. The van der Waals surface area contributed by atoms with Crippen LogP contribution in [0.4, 0.5) is 9.52 Å². The van der Waals surface area contributed by atoms with Gasteiger partial charge in [-0.25, -0.2) is 14.4 Å². The summed E-state index contributed by atoms with van der Waals surface area (Å²) in [4.78, 5) is 30.2. The lowest BCUT2D eigenvalue weighted by Crippen LogP contribution is -2.34. The van der Waals surface area contributed by atoms with E-state index in [1.54, 1.807) is 17.0 Å². The fourth-order valence-electron chi connectivity index (χ4n) is 3.05. The fourth-order valence-corrected chi connectivity index (χ4v) is 4.05. The second-order valence-electron chi connectivity index (χ2n) is 6.94. The first-order valence-corrected chi connectivity index (χ1v) is 10.1. The molecule has 0 saturated heterocycles. The topological polar surface area (TPSA) is 62.2 Å². The van der Waals surface area contributed by atoms with Gasteiger partial charge in [-0.3, -0.25) is 14.7 Å². The maximum atomic E-state index is 14.1. The summed E-state index contributed by atoms with van der Waals surface area (Å²) >= 11 is 1.30. The van der Waals surface area contributed by atoms with Gasteiger partial charge in [0.15, 0.2) is 5.13 Å². The highest BCUT2D eigenvalue weighted by Crippen LogP contribution is 2.31. The Kier molecular flexibility index (Phi) is 6.91. The van der Waals surface area contributed by atoms with Crippen molar-refractivity contribution in [3.8, 4) is 0 Å². The van der Waals surface area contributed by atoms with Crippen molar-refractivity contribution in [3.05, 3.63) is 60.2 Å². The minimum absolute atomic E-state index is 0. The summed E-state index contributed by atoms with van der Waals surface area (Å²) in [6.45, 7) is 1.26. The fraction of sp³-hybridized carbons (Fsp3) is 0.238. The molecule has 6 nitrogen and oxygen atoms in total. The van der Waals surface area contributed by atoms with Crippen molar-refractivity contribution in [3.63, 3.8) is 0 Å². The zero-order chi connectivity index (χ0) is 20.4. The number of benzene rings is 2. The quantitative estimate of drug-likeness (QED) is 0.440. The third-order valence-electron chi connectivity index (χ3n) is 4.49. The number of fused-ring (bicyclic) bond motifs is 2. The second-order valence-corrected chi connectivity index (χ2v) is 7.95. The van der Waals surface area contributed by atoms with E-state index in [1.165, 1.54) is 23.6 Å². The molecule has 30 heavy (non-hydrogen) atoms. The lowest BCUT2D eigenvalue weighted by Gasteiger charge is -2.20. The Balaban J connectivity index is 0.00000256. The van der Waals surface area contributed by atoms with Gasteiger partial charge >= 0.3 is 0 Å². The Hall–Kier alpha value is -2.68. The van der Waals surface area contributed by atoms with Crippen LogP contribution in [0.25, 0.3) is 21.3 Å². The number of aromatic nitrogens is 3. The molecule has 0 fully saturated rings. The number of hydrogen-bond acceptors (Lipinski definition) is 6. The minimum Gasteiger partial charge on any atom is -0.309 e. The molecule has 156 valence electrons. The standard InChI is InChI=1S/C21H20FN5OS.ClH/c1-26(2)11-6-12-27(21-25-19-14(22)7-5-10-18(19)29-21)20(28)17-13-23-15-8-3-4-9-16(15)24-17;/h3-5,7-10,13H,6,11-12H2,1-2H3;1H. The maximum absolute atomic E-state index is 14.1. The number of amides is 1. The van der Waals surface area contributed by atoms with Crippen LogP contribution in [0, 0.1) is 5.82 Å². The van der Waals surface area contributed by atoms with Crippen molar-refractivity contribution in [1.29, 1.82) is 0 Å². The first-order chi connectivity index (χ1) is 14.0. The van der Waals surface area contributed by atoms with E-state index in [0.29, 0.717) is 21.9 Å². The van der Waals surface area contributed by atoms with Crippen molar-refractivity contribution in [1.82, 2.24) is 19.9 Å². The van der Waals surface area contributed by atoms with Crippen LogP contribution in [0.2, 0.25) is 0 Å². The Morgan fingerprint density at radius 3 is 2.53 bits per heavy atom. The van der Waals surface area contributed by atoms with E-state index in [-0.39, 0.29) is 29.5 Å². The van der Waals surface area contributed by atoms with Gasteiger partial charge in [-0.15, -0.1) is 12.4 Å². The number of anilines is 1. The van der Waals surface area contributed by atoms with Gasteiger partial charge in [-0.2, -0.15) is 0 Å². The normalized spacial score (nSPS) is 11.1. The highest BCUT2D eigenvalue weighted by atomic mass is 35.5. The maximum Gasteiger partial charge on any atom is 0.280 e. The molecule has 4 rings (SSSR count). The zero-order valence-electron chi connectivity index (χ0n) is 16.6. The monoisotopic (exact) mass is 445 g/mol. The van der Waals surface area contributed by atoms with Gasteiger partial charge < -0.3 is 4.90 Å². The number of thiazole rings is 1. The van der Waals surface area contributed by atoms with Crippen LogP contribution in [-0.4, -0.2) is 52.9 Å². The van der Waals surface area contributed by atoms with Crippen LogP contribution in [0.15, 0.2) is 48.7 Å². The van der Waals surface area contributed by atoms with Gasteiger partial charge in [-0.1, -0.05) is 29.5 Å². The Morgan fingerprint density at radius 2 is 1.80 bits per heavy atom. The van der Waals surface area contributed by atoms with Gasteiger partial charge in [0, 0.05) is 6.54 Å². The van der Waals surface area contributed by atoms with E-state index in [1.807, 2.05) is 38.4 Å². The summed E-state index contributed by atoms with van der Waals surface area (Å²) in [5, 5.41) is 0.462. The van der Waals surface area contributed by atoms with Crippen molar-refractivity contribution < 1.29 is 9.18 Å². The van der Waals surface area contributed by atoms with E-state index in [2.05, 4.69) is 19.9 Å². The van der Waals surface area contributed by atoms with E-state index in [9.17, 15) is 9.18 Å². The van der Waals surface area contributed by atoms with Gasteiger partial charge in [0.25, 0.3) is 5.91 Å². The first kappa shape index (κ1) is 22.0. The molecule has 0 atom stereocenters. The molecule has 1 amide bonds. The second kappa shape index (κ2) is 9.42. The number of nitrogens with zero attached hydrogens (tertiary/aromatic N) is 5. The Morgan fingerprint density at radius 1 is 1.03 bits per heavy atom. The summed E-state index contributed by atoms with van der Waals surface area (Å²) in [5.74, 6) is -0.683. The molecule has 0 N–H and O–H groups in total. The molecular weight excluding hydrogens is 425 g/mol. The highest BCUT2D eigenvalue weighted by molar-refractivity contribution is 7.22. The van der Waals surface area contributed by atoms with Crippen LogP contribution in [0.3, 0.4) is 0 Å². The van der Waals surface area contributed by atoms with E-state index in [0.717, 1.165) is 18.5 Å². The number of carbonyl (C=O) groups is 1. The Bertz CT molecular complexity index is 1180. The van der Waals surface area contributed by atoms with E-state index >= 15 is 0 Å². The molecular formula is C21H21ClFN5OS. The van der Waals surface area contributed by atoms with Crippen LogP contribution >= 0.6 is 23.7 Å². The van der Waals surface area contributed by atoms with Gasteiger partial charge in [0.05, 0.1) is 21.9 Å². The molecule has 0 radical (unpaired) electrons. The lowest BCUT2D eigenvalue weighted by molar-refractivity contribution is 0.0981. The average Bonchev–Trinajstić information content (AvgIpc) is 3.15. The van der Waals surface area contributed by atoms with Crippen LogP contribution in [0.1, 0.15) is 16.9 Å². The predicted octanol–water partition coefficient (Wildman–Crippen LogP) is 4.40. The number of halogens is 2.